The van der Waals surface area contributed by atoms with Crippen LogP contribution in [0.1, 0.15) is 0 Å². The van der Waals surface area contributed by atoms with Crippen molar-refractivity contribution in [3.8, 4) is 62.1 Å². The predicted octanol–water partition coefficient (Wildman–Crippen LogP) is 12.7. The quantitative estimate of drug-likeness (QED) is 0.158. The summed E-state index contributed by atoms with van der Waals surface area (Å²) in [6.07, 6.45) is 0. The van der Waals surface area contributed by atoms with Gasteiger partial charge in [-0.1, -0.05) is 42.5 Å². The van der Waals surface area contributed by atoms with Crippen molar-refractivity contribution >= 4 is 55.6 Å². The van der Waals surface area contributed by atoms with Gasteiger partial charge in [-0.05, 0) is 5.56 Å². The minimum atomic E-state index is 0.140. The molecule has 0 atom stereocenters. The van der Waals surface area contributed by atoms with Gasteiger partial charge in [0.1, 0.15) is 0 Å². The standard InChI is InChI=1S/C51H32N4Se/c1-3-13-33(14-4-1)36-15-11-16-37(31-36)34-25-27-35(28-26-34)49-52-50(54-51(53-49)44-22-12-21-43-42-20-8-10-24-47(42)56-48(43)44)38-29-30-41-40-19-7-9-23-45(40)55(46(41)32-38)39-17-5-2-6-18-39/h1-32H. The zero-order valence-electron chi connectivity index (χ0n) is 30.2. The van der Waals surface area contributed by atoms with Crippen LogP contribution in [-0.2, 0) is 0 Å². The molecule has 3 aromatic heterocycles. The van der Waals surface area contributed by atoms with Gasteiger partial charge in [-0.25, -0.2) is 0 Å². The molecule has 5 heteroatoms. The Balaban J connectivity index is 1.09. The molecule has 0 spiro atoms. The van der Waals surface area contributed by atoms with E-state index in [0.29, 0.717) is 17.5 Å². The number of nitrogens with zero attached hydrogens (tertiary/aromatic N) is 4. The summed E-state index contributed by atoms with van der Waals surface area (Å²) >= 11 is 0.140. The molecule has 0 saturated heterocycles. The van der Waals surface area contributed by atoms with Crippen molar-refractivity contribution in [1.82, 2.24) is 19.5 Å². The average Bonchev–Trinajstić information content (AvgIpc) is 3.83. The fourth-order valence-electron chi connectivity index (χ4n) is 7.96. The average molecular weight is 780 g/mol. The molecule has 0 unspecified atom stereocenters. The second kappa shape index (κ2) is 13.4. The Morgan fingerprint density at radius 1 is 0.339 bits per heavy atom. The van der Waals surface area contributed by atoms with Crippen molar-refractivity contribution in [3.05, 3.63) is 194 Å². The minimum Gasteiger partial charge on any atom is -0.0617 e. The van der Waals surface area contributed by atoms with Gasteiger partial charge in [0.15, 0.2) is 0 Å². The molecule has 11 aromatic rings. The summed E-state index contributed by atoms with van der Waals surface area (Å²) in [7, 11) is 0. The molecule has 0 saturated carbocycles. The minimum absolute atomic E-state index is 0.140. The van der Waals surface area contributed by atoms with Gasteiger partial charge in [-0.15, -0.1) is 0 Å². The van der Waals surface area contributed by atoms with Gasteiger partial charge in [0.05, 0.1) is 0 Å². The van der Waals surface area contributed by atoms with Gasteiger partial charge in [0, 0.05) is 0 Å². The Morgan fingerprint density at radius 2 is 0.893 bits per heavy atom. The van der Waals surface area contributed by atoms with Crippen LogP contribution in [0.25, 0.3) is 103 Å². The van der Waals surface area contributed by atoms with E-state index in [1.807, 2.05) is 0 Å². The second-order valence-corrected chi connectivity index (χ2v) is 16.2. The van der Waals surface area contributed by atoms with E-state index in [1.54, 1.807) is 0 Å². The van der Waals surface area contributed by atoms with Gasteiger partial charge < -0.3 is 0 Å². The molecule has 3 heterocycles. The topological polar surface area (TPSA) is 43.6 Å². The van der Waals surface area contributed by atoms with Crippen LogP contribution in [0.5, 0.6) is 0 Å². The van der Waals surface area contributed by atoms with Gasteiger partial charge in [0.25, 0.3) is 0 Å². The molecule has 0 N–H and O–H groups in total. The maximum absolute atomic E-state index is 5.29. The summed E-state index contributed by atoms with van der Waals surface area (Å²) in [5, 5.41) is 4.99. The molecule has 8 aromatic carbocycles. The van der Waals surface area contributed by atoms with Crippen LogP contribution in [0, 0.1) is 0 Å². The smallest absolute Gasteiger partial charge is 0.0544 e. The Labute approximate surface area is 329 Å². The van der Waals surface area contributed by atoms with Crippen LogP contribution in [0.4, 0.5) is 0 Å². The first-order valence-corrected chi connectivity index (χ1v) is 20.5. The van der Waals surface area contributed by atoms with Gasteiger partial charge in [-0.3, -0.25) is 0 Å². The third-order valence-corrected chi connectivity index (χ3v) is 13.2. The monoisotopic (exact) mass is 780 g/mol. The molecule has 0 fully saturated rings. The van der Waals surface area contributed by atoms with E-state index in [-0.39, 0.29) is 14.5 Å². The zero-order valence-corrected chi connectivity index (χ0v) is 31.9. The third kappa shape index (κ3) is 5.56. The number of hydrogen-bond acceptors (Lipinski definition) is 3. The summed E-state index contributed by atoms with van der Waals surface area (Å²) in [5.74, 6) is 2.00. The van der Waals surface area contributed by atoms with Crippen molar-refractivity contribution in [2.75, 3.05) is 0 Å². The maximum atomic E-state index is 5.29. The maximum Gasteiger partial charge on any atom is -0.0544 e. The van der Waals surface area contributed by atoms with Crippen molar-refractivity contribution in [2.24, 2.45) is 0 Å². The van der Waals surface area contributed by atoms with Crippen LogP contribution in [0.2, 0.25) is 0 Å². The summed E-state index contributed by atoms with van der Waals surface area (Å²) < 4.78 is 5.05. The molecule has 0 aliphatic rings. The fraction of sp³-hybridized carbons (Fsp3) is 0. The van der Waals surface area contributed by atoms with E-state index >= 15 is 0 Å². The molecule has 0 amide bonds. The molecule has 4 nitrogen and oxygen atoms in total. The molecule has 0 radical (unpaired) electrons. The second-order valence-electron chi connectivity index (χ2n) is 14.0. The molecule has 0 aliphatic heterocycles. The first-order chi connectivity index (χ1) is 27.7. The van der Waals surface area contributed by atoms with Crippen molar-refractivity contribution in [3.63, 3.8) is 0 Å². The number of benzene rings is 8. The summed E-state index contributed by atoms with van der Waals surface area (Å²) in [5.41, 5.74) is 11.0. The van der Waals surface area contributed by atoms with E-state index in [0.717, 1.165) is 33.5 Å². The summed E-state index contributed by atoms with van der Waals surface area (Å²) in [6, 6.07) is 68.9. The Kier molecular flexibility index (Phi) is 7.80. The zero-order chi connectivity index (χ0) is 37.0. The Morgan fingerprint density at radius 3 is 1.70 bits per heavy atom. The van der Waals surface area contributed by atoms with Crippen LogP contribution in [-0.4, -0.2) is 34.0 Å². The summed E-state index contributed by atoms with van der Waals surface area (Å²) in [6.45, 7) is 0. The van der Waals surface area contributed by atoms with Crippen LogP contribution in [0.3, 0.4) is 0 Å². The number of para-hydroxylation sites is 2. The van der Waals surface area contributed by atoms with E-state index < -0.39 is 0 Å². The van der Waals surface area contributed by atoms with Crippen LogP contribution < -0.4 is 0 Å². The van der Waals surface area contributed by atoms with Gasteiger partial charge in [-0.2, -0.15) is 0 Å². The molecular weight excluding hydrogens is 748 g/mol. The largest absolute Gasteiger partial charge is 0.0617 e. The first kappa shape index (κ1) is 32.5. The fourth-order valence-corrected chi connectivity index (χ4v) is 10.5. The van der Waals surface area contributed by atoms with Gasteiger partial charge in [0.2, 0.25) is 0 Å². The van der Waals surface area contributed by atoms with Crippen LogP contribution in [0.15, 0.2) is 194 Å². The molecular formula is C51H32N4Se. The molecule has 56 heavy (non-hydrogen) atoms. The van der Waals surface area contributed by atoms with Crippen molar-refractivity contribution in [1.29, 1.82) is 0 Å². The molecule has 11 rings (SSSR count). The number of fused-ring (bicyclic) bond motifs is 6. The van der Waals surface area contributed by atoms with E-state index in [1.165, 1.54) is 52.3 Å². The predicted molar refractivity (Wildman–Crippen MR) is 233 cm³/mol. The Bertz CT molecular complexity index is 3240. The van der Waals surface area contributed by atoms with Crippen LogP contribution >= 0.6 is 0 Å². The number of aromatic nitrogens is 4. The van der Waals surface area contributed by atoms with Gasteiger partial charge >= 0.3 is 283 Å². The van der Waals surface area contributed by atoms with Crippen molar-refractivity contribution in [2.45, 2.75) is 0 Å². The SMILES string of the molecule is c1ccc(-c2cccc(-c3ccc(-c4nc(-c5ccc6c7ccccc7n(-c7ccccc7)c6c5)nc(-c5cccc6c5[se]c5ccccc56)n4)cc3)c2)cc1. The molecule has 0 bridgehead atoms. The number of hydrogen-bond donors (Lipinski definition) is 0. The molecule has 0 aliphatic carbocycles. The van der Waals surface area contributed by atoms with E-state index in [9.17, 15) is 0 Å². The van der Waals surface area contributed by atoms with E-state index in [4.69, 9.17) is 15.0 Å². The third-order valence-electron chi connectivity index (χ3n) is 10.7. The summed E-state index contributed by atoms with van der Waals surface area (Å²) in [4.78, 5) is 15.8. The molecule has 262 valence electrons. The first-order valence-electron chi connectivity index (χ1n) is 18.8. The number of rotatable bonds is 6. The Hall–Kier alpha value is -6.91. The normalized spacial score (nSPS) is 11.6. The van der Waals surface area contributed by atoms with Crippen molar-refractivity contribution < 1.29 is 0 Å². The van der Waals surface area contributed by atoms with E-state index in [2.05, 4.69) is 199 Å².